The lowest BCUT2D eigenvalue weighted by Crippen LogP contribution is -2.31. The zero-order chi connectivity index (χ0) is 16.4. The summed E-state index contributed by atoms with van der Waals surface area (Å²) in [6, 6.07) is 1.61. The molecule has 0 radical (unpaired) electrons. The maximum absolute atomic E-state index is 14.1. The largest absolute Gasteiger partial charge is 0.387 e. The van der Waals surface area contributed by atoms with Crippen LogP contribution >= 0.6 is 0 Å². The molecule has 0 heterocycles. The van der Waals surface area contributed by atoms with E-state index in [1.54, 1.807) is 0 Å². The lowest BCUT2D eigenvalue weighted by Gasteiger charge is -2.21. The van der Waals surface area contributed by atoms with Gasteiger partial charge in [-0.25, -0.2) is 17.1 Å². The Kier molecular flexibility index (Phi) is 5.24. The van der Waals surface area contributed by atoms with Crippen molar-refractivity contribution in [3.63, 3.8) is 0 Å². The van der Waals surface area contributed by atoms with Gasteiger partial charge in [0.05, 0.1) is 16.7 Å². The number of anilines is 1. The summed E-state index contributed by atoms with van der Waals surface area (Å²) >= 11 is 0. The Balaban J connectivity index is 3.45. The Labute approximate surface area is 123 Å². The van der Waals surface area contributed by atoms with Crippen LogP contribution in [0.15, 0.2) is 17.0 Å². The number of nitro groups is 1. The van der Waals surface area contributed by atoms with Gasteiger partial charge in [-0.15, -0.1) is 0 Å². The molecule has 1 aromatic rings. The number of non-ortho nitro benzene ring substituents is 1. The average molecular weight is 319 g/mol. The first kappa shape index (κ1) is 17.3. The minimum Gasteiger partial charge on any atom is -0.387 e. The van der Waals surface area contributed by atoms with E-state index in [-0.39, 0.29) is 18.2 Å². The number of halogens is 1. The number of hydrogen-bond acceptors (Lipinski definition) is 5. The predicted molar refractivity (Wildman–Crippen MR) is 77.3 cm³/mol. The summed E-state index contributed by atoms with van der Waals surface area (Å²) < 4.78 is 40.0. The van der Waals surface area contributed by atoms with Crippen LogP contribution in [0.25, 0.3) is 0 Å². The molecule has 1 aromatic carbocycles. The van der Waals surface area contributed by atoms with Gasteiger partial charge in [0.1, 0.15) is 4.90 Å². The highest BCUT2D eigenvalue weighted by Gasteiger charge is 2.30. The van der Waals surface area contributed by atoms with Crippen LogP contribution in [0.2, 0.25) is 0 Å². The average Bonchev–Trinajstić information content (AvgIpc) is 2.36. The summed E-state index contributed by atoms with van der Waals surface area (Å²) in [5.41, 5.74) is -0.653. The molecule has 0 fully saturated rings. The van der Waals surface area contributed by atoms with Crippen LogP contribution in [-0.4, -0.2) is 38.3 Å². The predicted octanol–water partition coefficient (Wildman–Crippen LogP) is 2.05. The van der Waals surface area contributed by atoms with Gasteiger partial charge in [0.25, 0.3) is 5.69 Å². The highest BCUT2D eigenvalue weighted by atomic mass is 32.2. The molecule has 0 aliphatic heterocycles. The van der Waals surface area contributed by atoms with Gasteiger partial charge in [0, 0.05) is 26.7 Å². The van der Waals surface area contributed by atoms with E-state index < -0.39 is 31.3 Å². The second kappa shape index (κ2) is 6.35. The molecule has 1 N–H and O–H groups in total. The lowest BCUT2D eigenvalue weighted by molar-refractivity contribution is -0.385. The van der Waals surface area contributed by atoms with Crippen molar-refractivity contribution in [3.8, 4) is 0 Å². The van der Waals surface area contributed by atoms with Gasteiger partial charge in [0.15, 0.2) is 5.82 Å². The van der Waals surface area contributed by atoms with Crippen LogP contribution in [0.4, 0.5) is 15.8 Å². The van der Waals surface area contributed by atoms with Gasteiger partial charge < -0.3 is 5.32 Å². The summed E-state index contributed by atoms with van der Waals surface area (Å²) in [6.07, 6.45) is 0. The lowest BCUT2D eigenvalue weighted by atomic mass is 10.2. The number of sulfonamides is 1. The van der Waals surface area contributed by atoms with Crippen molar-refractivity contribution in [1.82, 2.24) is 4.31 Å². The van der Waals surface area contributed by atoms with Gasteiger partial charge in [-0.2, -0.15) is 0 Å². The molecule has 0 aromatic heterocycles. The maximum Gasteiger partial charge on any atom is 0.274 e. The van der Waals surface area contributed by atoms with Gasteiger partial charge in [-0.1, -0.05) is 13.8 Å². The summed E-state index contributed by atoms with van der Waals surface area (Å²) in [4.78, 5) is 9.35. The first-order valence-electron chi connectivity index (χ1n) is 6.23. The van der Waals surface area contributed by atoms with Crippen molar-refractivity contribution in [2.24, 2.45) is 5.92 Å². The quantitative estimate of drug-likeness (QED) is 0.640. The molecule has 0 unspecified atom stereocenters. The van der Waals surface area contributed by atoms with Gasteiger partial charge in [0.2, 0.25) is 10.0 Å². The van der Waals surface area contributed by atoms with E-state index in [0.29, 0.717) is 6.07 Å². The molecule has 21 heavy (non-hydrogen) atoms. The van der Waals surface area contributed by atoms with Crippen molar-refractivity contribution in [3.05, 3.63) is 28.1 Å². The first-order valence-corrected chi connectivity index (χ1v) is 7.67. The number of hydrogen-bond donors (Lipinski definition) is 1. The zero-order valence-electron chi connectivity index (χ0n) is 12.3. The fraction of sp³-hybridized carbons (Fsp3) is 0.500. The minimum atomic E-state index is -4.08. The number of benzene rings is 1. The van der Waals surface area contributed by atoms with Crippen LogP contribution < -0.4 is 5.32 Å². The fourth-order valence-corrected chi connectivity index (χ4v) is 3.45. The maximum atomic E-state index is 14.1. The second-order valence-electron chi connectivity index (χ2n) is 4.99. The van der Waals surface area contributed by atoms with Crippen molar-refractivity contribution >= 4 is 21.4 Å². The molecule has 0 bridgehead atoms. The smallest absolute Gasteiger partial charge is 0.274 e. The summed E-state index contributed by atoms with van der Waals surface area (Å²) in [7, 11) is -1.36. The second-order valence-corrected chi connectivity index (χ2v) is 6.97. The summed E-state index contributed by atoms with van der Waals surface area (Å²) in [5, 5.41) is 13.2. The van der Waals surface area contributed by atoms with Crippen LogP contribution in [0.3, 0.4) is 0 Å². The van der Waals surface area contributed by atoms with E-state index in [9.17, 15) is 22.9 Å². The number of rotatable bonds is 6. The van der Waals surface area contributed by atoms with E-state index in [1.807, 2.05) is 13.8 Å². The Bertz CT molecular complexity index is 646. The van der Waals surface area contributed by atoms with Crippen molar-refractivity contribution in [2.75, 3.05) is 26.0 Å². The molecule has 7 nitrogen and oxygen atoms in total. The van der Waals surface area contributed by atoms with Crippen molar-refractivity contribution in [2.45, 2.75) is 18.7 Å². The molecule has 0 saturated heterocycles. The van der Waals surface area contributed by atoms with Crippen LogP contribution in [0.1, 0.15) is 13.8 Å². The SMILES string of the molecule is CNc1cc([N+](=O)[O-])cc(F)c1S(=O)(=O)N(C)CC(C)C. The molecule has 0 aliphatic rings. The van der Waals surface area contributed by atoms with E-state index in [4.69, 9.17) is 0 Å². The van der Waals surface area contributed by atoms with E-state index >= 15 is 0 Å². The molecule has 0 amide bonds. The number of nitrogens with zero attached hydrogens (tertiary/aromatic N) is 2. The molecule has 0 spiro atoms. The minimum absolute atomic E-state index is 0.0592. The normalized spacial score (nSPS) is 12.0. The third kappa shape index (κ3) is 3.67. The Morgan fingerprint density at radius 2 is 2.00 bits per heavy atom. The molecular formula is C12H18FN3O4S. The van der Waals surface area contributed by atoms with Gasteiger partial charge in [-0.05, 0) is 5.92 Å². The van der Waals surface area contributed by atoms with Crippen LogP contribution in [-0.2, 0) is 10.0 Å². The number of nitrogens with one attached hydrogen (secondary N) is 1. The third-order valence-corrected chi connectivity index (χ3v) is 4.70. The Morgan fingerprint density at radius 1 is 1.43 bits per heavy atom. The van der Waals surface area contributed by atoms with Crippen LogP contribution in [0, 0.1) is 21.8 Å². The highest BCUT2D eigenvalue weighted by molar-refractivity contribution is 7.89. The molecule has 9 heteroatoms. The highest BCUT2D eigenvalue weighted by Crippen LogP contribution is 2.31. The molecule has 0 saturated carbocycles. The van der Waals surface area contributed by atoms with Gasteiger partial charge >= 0.3 is 0 Å². The first-order chi connectivity index (χ1) is 9.61. The monoisotopic (exact) mass is 319 g/mol. The molecule has 118 valence electrons. The Hall–Kier alpha value is -1.74. The molecule has 0 aliphatic carbocycles. The Morgan fingerprint density at radius 3 is 2.43 bits per heavy atom. The van der Waals surface area contributed by atoms with E-state index in [1.165, 1.54) is 14.1 Å². The topological polar surface area (TPSA) is 92.5 Å². The van der Waals surface area contributed by atoms with E-state index in [0.717, 1.165) is 10.4 Å². The summed E-state index contributed by atoms with van der Waals surface area (Å²) in [6.45, 7) is 3.87. The van der Waals surface area contributed by atoms with Gasteiger partial charge in [-0.3, -0.25) is 10.1 Å². The third-order valence-electron chi connectivity index (χ3n) is 2.80. The molecule has 1 rings (SSSR count). The van der Waals surface area contributed by atoms with Crippen molar-refractivity contribution in [1.29, 1.82) is 0 Å². The summed E-state index contributed by atoms with van der Waals surface area (Å²) in [5.74, 6) is -1.09. The van der Waals surface area contributed by atoms with E-state index in [2.05, 4.69) is 5.32 Å². The molecular weight excluding hydrogens is 301 g/mol. The zero-order valence-corrected chi connectivity index (χ0v) is 13.1. The standard InChI is InChI=1S/C12H18FN3O4S/c1-8(2)7-15(4)21(19,20)12-10(13)5-9(16(17)18)6-11(12)14-3/h5-6,8,14H,7H2,1-4H3. The fourth-order valence-electron chi connectivity index (χ4n) is 1.90. The molecule has 0 atom stereocenters. The van der Waals surface area contributed by atoms with Crippen LogP contribution in [0.5, 0.6) is 0 Å². The number of nitro benzene ring substituents is 1. The van der Waals surface area contributed by atoms with Crippen molar-refractivity contribution < 1.29 is 17.7 Å².